The van der Waals surface area contributed by atoms with E-state index in [1.54, 1.807) is 0 Å². The fraction of sp³-hybridized carbons (Fsp3) is 1.00. The first-order valence-corrected chi connectivity index (χ1v) is 7.55. The molecule has 3 N–H and O–H groups in total. The molecule has 0 aliphatic rings. The molecule has 0 aliphatic heterocycles. The summed E-state index contributed by atoms with van der Waals surface area (Å²) >= 11 is -4.62. The van der Waals surface area contributed by atoms with Crippen molar-refractivity contribution in [2.75, 3.05) is 18.0 Å². The van der Waals surface area contributed by atoms with E-state index in [1.807, 2.05) is 0 Å². The van der Waals surface area contributed by atoms with Gasteiger partial charge >= 0.3 is 29.6 Å². The summed E-state index contributed by atoms with van der Waals surface area (Å²) in [6.45, 7) is 0. The zero-order chi connectivity index (χ0) is 10.6. The molecule has 0 amide bonds. The van der Waals surface area contributed by atoms with E-state index < -0.39 is 44.3 Å². The van der Waals surface area contributed by atoms with Crippen molar-refractivity contribution in [2.24, 2.45) is 0 Å². The monoisotopic (exact) mass is 277 g/mol. The normalized spacial score (nSPS) is 17.2. The summed E-state index contributed by atoms with van der Waals surface area (Å²) in [5.74, 6) is -1.26. The van der Waals surface area contributed by atoms with E-state index in [1.165, 1.54) is 0 Å². The second-order valence-electron chi connectivity index (χ2n) is 2.24. The molecule has 0 fully saturated rings. The van der Waals surface area contributed by atoms with Crippen LogP contribution < -0.4 is 0 Å². The molecule has 84 valence electrons. The molecular weight excluding hydrogens is 265 g/mol. The van der Waals surface area contributed by atoms with Crippen molar-refractivity contribution < 1.29 is 26.3 Å². The van der Waals surface area contributed by atoms with E-state index in [9.17, 15) is 12.6 Å². The van der Waals surface area contributed by atoms with Crippen LogP contribution in [0, 0.1) is 0 Å². The molecule has 0 saturated heterocycles. The van der Waals surface area contributed by atoms with Gasteiger partial charge in [-0.15, -0.1) is 10.4 Å². The number of thiol groups is 1. The number of nitrogens with zero attached hydrogens (tertiary/aromatic N) is 1. The summed E-state index contributed by atoms with van der Waals surface area (Å²) in [5, 5.41) is 0. The zero-order valence-electron chi connectivity index (χ0n) is 6.69. The van der Waals surface area contributed by atoms with Crippen molar-refractivity contribution in [2.45, 2.75) is 0 Å². The minimum absolute atomic E-state index is 0. The van der Waals surface area contributed by atoms with E-state index in [0.717, 1.165) is 6.26 Å². The van der Waals surface area contributed by atoms with Gasteiger partial charge in [0.1, 0.15) is 11.8 Å². The van der Waals surface area contributed by atoms with Crippen molar-refractivity contribution in [1.29, 1.82) is 0 Å². The van der Waals surface area contributed by atoms with Crippen LogP contribution in [0.3, 0.4) is 0 Å². The zero-order valence-corrected chi connectivity index (χ0v) is 9.22. The first-order valence-electron chi connectivity index (χ1n) is 2.94. The Labute approximate surface area is 110 Å². The summed E-state index contributed by atoms with van der Waals surface area (Å²) in [5.41, 5.74) is 0. The molecule has 11 heteroatoms. The van der Waals surface area contributed by atoms with Gasteiger partial charge in [-0.2, -0.15) is 8.51 Å². The summed E-state index contributed by atoms with van der Waals surface area (Å²) in [6.07, 6.45) is 0.923. The van der Waals surface area contributed by atoms with Gasteiger partial charge in [0.25, 0.3) is 0 Å². The van der Waals surface area contributed by atoms with Crippen molar-refractivity contribution in [3.05, 3.63) is 0 Å². The van der Waals surface area contributed by atoms with Crippen molar-refractivity contribution in [3.63, 3.8) is 0 Å². The molecule has 7 nitrogen and oxygen atoms in total. The van der Waals surface area contributed by atoms with Gasteiger partial charge in [0.15, 0.2) is 22.2 Å². The molecule has 14 heavy (non-hydrogen) atoms. The molecule has 0 saturated carbocycles. The summed E-state index contributed by atoms with van der Waals surface area (Å²) < 4.78 is 58.0. The number of hydrogen-bond acceptors (Lipinski definition) is 3. The van der Waals surface area contributed by atoms with E-state index in [2.05, 4.69) is 0 Å². The second kappa shape index (κ2) is 7.54. The van der Waals surface area contributed by atoms with Gasteiger partial charge in [-0.1, -0.05) is 0 Å². The first kappa shape index (κ1) is 17.7. The van der Waals surface area contributed by atoms with Gasteiger partial charge in [0, 0.05) is 6.26 Å². The third-order valence-electron chi connectivity index (χ3n) is 1.04. The molecule has 0 spiro atoms. The number of hydrogen-bond donors (Lipinski definition) is 4. The van der Waals surface area contributed by atoms with Gasteiger partial charge < -0.3 is 9.11 Å². The molecule has 0 radical (unpaired) electrons. The maximum atomic E-state index is 11.0. The summed E-state index contributed by atoms with van der Waals surface area (Å²) in [4.78, 5) is 0. The fourth-order valence-corrected chi connectivity index (χ4v) is 3.62. The topological polar surface area (TPSA) is 115 Å². The van der Waals surface area contributed by atoms with E-state index >= 15 is 0 Å². The molecule has 0 rings (SSSR count). The van der Waals surface area contributed by atoms with E-state index in [4.69, 9.17) is 13.7 Å². The number of rotatable bonds is 5. The quantitative estimate of drug-likeness (QED) is 0.263. The van der Waals surface area contributed by atoms with Gasteiger partial charge in [-0.05, 0) is 0 Å². The second-order valence-corrected chi connectivity index (χ2v) is 6.28. The Balaban J connectivity index is 0. The predicted octanol–water partition coefficient (Wildman–Crippen LogP) is -1.97. The first-order chi connectivity index (χ1) is 5.73. The van der Waals surface area contributed by atoms with Crippen LogP contribution in [-0.2, 0) is 32.6 Å². The van der Waals surface area contributed by atoms with E-state index in [0.29, 0.717) is 4.31 Å². The van der Waals surface area contributed by atoms with Crippen LogP contribution >= 0.6 is 0 Å². The van der Waals surface area contributed by atoms with E-state index in [-0.39, 0.29) is 29.6 Å². The molecular formula is C3H12NNaO6S3. The van der Waals surface area contributed by atoms with Gasteiger partial charge in [-0.3, -0.25) is 4.55 Å². The van der Waals surface area contributed by atoms with Crippen LogP contribution in [0.4, 0.5) is 0 Å². The summed E-state index contributed by atoms with van der Waals surface area (Å²) in [7, 11) is -3.76. The molecule has 0 aromatic rings. The Morgan fingerprint density at radius 2 is 1.50 bits per heavy atom. The Hall–Kier alpha value is 1.29. The predicted molar refractivity (Wildman–Crippen MR) is 58.4 cm³/mol. The molecule has 0 aromatic heterocycles. The average molecular weight is 277 g/mol. The van der Waals surface area contributed by atoms with Crippen molar-refractivity contribution >= 4 is 62.1 Å². The van der Waals surface area contributed by atoms with Crippen LogP contribution in [0.2, 0.25) is 0 Å². The Bertz CT molecular complexity index is 249. The molecule has 2 atom stereocenters. The van der Waals surface area contributed by atoms with Crippen LogP contribution in [0.25, 0.3) is 0 Å². The van der Waals surface area contributed by atoms with Crippen LogP contribution in [-0.4, -0.2) is 78.2 Å². The average Bonchev–Trinajstić information content (AvgIpc) is 1.81. The molecule has 2 unspecified atom stereocenters. The molecule has 0 bridgehead atoms. The van der Waals surface area contributed by atoms with Crippen LogP contribution in [0.5, 0.6) is 0 Å². The minimum atomic E-state index is -3.76. The third kappa shape index (κ3) is 8.59. The van der Waals surface area contributed by atoms with Gasteiger partial charge in [0.2, 0.25) is 0 Å². The van der Waals surface area contributed by atoms with Crippen LogP contribution in [0.1, 0.15) is 0 Å². The Kier molecular flexibility index (Phi) is 9.53. The third-order valence-corrected chi connectivity index (χ3v) is 3.82. The maximum absolute atomic E-state index is 11.0. The SMILES string of the molecule is C[SH](=O)(O)N(CS(=O)O)CS(=O)O.[NaH]. The fourth-order valence-electron chi connectivity index (χ4n) is 0.506. The van der Waals surface area contributed by atoms with Crippen molar-refractivity contribution in [1.82, 2.24) is 4.31 Å². The molecule has 0 aromatic carbocycles. The Morgan fingerprint density at radius 1 is 1.21 bits per heavy atom. The van der Waals surface area contributed by atoms with Gasteiger partial charge in [0.05, 0.1) is 0 Å². The molecule has 0 heterocycles. The standard InChI is InChI=1S/C3H11NO6S3.Na.H/c1-13(9,10)4(2-11(5)6)3-12(7)8;;/h13H,2-3H2,1H3,(H,5,6)(H,7,8)(H,9,10);;. The van der Waals surface area contributed by atoms with Crippen LogP contribution in [0.15, 0.2) is 0 Å². The van der Waals surface area contributed by atoms with Crippen molar-refractivity contribution in [3.8, 4) is 0 Å². The Morgan fingerprint density at radius 3 is 1.64 bits per heavy atom. The molecule has 0 aliphatic carbocycles. The summed E-state index contributed by atoms with van der Waals surface area (Å²) in [6, 6.07) is 0. The van der Waals surface area contributed by atoms with Gasteiger partial charge in [-0.25, -0.2) is 8.42 Å².